The summed E-state index contributed by atoms with van der Waals surface area (Å²) in [6.45, 7) is 18.0. The molecule has 6 nitrogen and oxygen atoms in total. The number of benzene rings is 3. The van der Waals surface area contributed by atoms with E-state index in [1.165, 1.54) is 75.9 Å². The first-order valence-corrected chi connectivity index (χ1v) is 20.3. The average Bonchev–Trinajstić information content (AvgIpc) is 3.70. The highest BCUT2D eigenvalue weighted by molar-refractivity contribution is 7.00. The van der Waals surface area contributed by atoms with Crippen LogP contribution in [0.3, 0.4) is 0 Å². The fraction of sp³-hybridized carbons (Fsp3) is 0.435. The van der Waals surface area contributed by atoms with E-state index in [9.17, 15) is 0 Å². The molecule has 0 spiro atoms. The van der Waals surface area contributed by atoms with Gasteiger partial charge in [-0.25, -0.2) is 0 Å². The van der Waals surface area contributed by atoms with Gasteiger partial charge in [0.15, 0.2) is 0 Å². The molecular weight excluding hydrogens is 677 g/mol. The van der Waals surface area contributed by atoms with Crippen LogP contribution in [0, 0.1) is 0 Å². The minimum atomic E-state index is -0.0291. The van der Waals surface area contributed by atoms with E-state index in [2.05, 4.69) is 87.0 Å². The minimum Gasteiger partial charge on any atom is -0.494 e. The summed E-state index contributed by atoms with van der Waals surface area (Å²) < 4.78 is 32.9. The molecule has 53 heavy (non-hydrogen) atoms. The fourth-order valence-corrected chi connectivity index (χ4v) is 6.83. The summed E-state index contributed by atoms with van der Waals surface area (Å²) in [5.74, 6) is 1.80. The van der Waals surface area contributed by atoms with Crippen LogP contribution < -0.4 is 9.47 Å². The summed E-state index contributed by atoms with van der Waals surface area (Å²) in [4.78, 5) is 0. The Balaban J connectivity index is 1.12. The van der Waals surface area contributed by atoms with Crippen molar-refractivity contribution in [2.75, 3.05) is 26.4 Å². The van der Waals surface area contributed by atoms with E-state index in [1.807, 2.05) is 0 Å². The summed E-state index contributed by atoms with van der Waals surface area (Å²) in [5.41, 5.74) is 6.22. The van der Waals surface area contributed by atoms with Gasteiger partial charge in [-0.3, -0.25) is 0 Å². The number of rotatable bonds is 30. The molecule has 7 heteroatoms. The second kappa shape index (κ2) is 25.1. The fourth-order valence-electron chi connectivity index (χ4n) is 6.25. The molecule has 4 rings (SSSR count). The number of hydrogen-bond acceptors (Lipinski definition) is 7. The number of aromatic nitrogens is 2. The van der Waals surface area contributed by atoms with Crippen LogP contribution in [0.5, 0.6) is 11.5 Å². The maximum absolute atomic E-state index is 6.06. The average molecular weight is 737 g/mol. The highest BCUT2D eigenvalue weighted by Gasteiger charge is 2.14. The van der Waals surface area contributed by atoms with Crippen LogP contribution in [-0.2, 0) is 9.47 Å². The van der Waals surface area contributed by atoms with Crippen LogP contribution in [0.1, 0.15) is 89.9 Å². The van der Waals surface area contributed by atoms with Crippen LogP contribution in [0.2, 0.25) is 0 Å². The molecule has 0 aliphatic heterocycles. The Morgan fingerprint density at radius 2 is 0.755 bits per heavy atom. The van der Waals surface area contributed by atoms with E-state index in [0.717, 1.165) is 96.9 Å². The van der Waals surface area contributed by atoms with Crippen LogP contribution in [-0.4, -0.2) is 47.4 Å². The van der Waals surface area contributed by atoms with Gasteiger partial charge in [0.2, 0.25) is 0 Å². The molecule has 0 saturated carbocycles. The lowest BCUT2D eigenvalue weighted by atomic mass is 9.98. The molecule has 0 fully saturated rings. The van der Waals surface area contributed by atoms with Gasteiger partial charge in [0.05, 0.1) is 37.1 Å². The normalized spacial score (nSPS) is 11.3. The Morgan fingerprint density at radius 1 is 0.434 bits per heavy atom. The molecule has 1 aromatic heterocycles. The molecule has 0 unspecified atom stereocenters. The third-order valence-corrected chi connectivity index (χ3v) is 9.94. The van der Waals surface area contributed by atoms with Gasteiger partial charge in [0.1, 0.15) is 22.5 Å². The van der Waals surface area contributed by atoms with Crippen molar-refractivity contribution in [3.8, 4) is 33.8 Å². The molecule has 0 atom stereocenters. The Labute approximate surface area is 323 Å². The first kappa shape index (κ1) is 41.7. The molecule has 0 saturated heterocycles. The predicted molar refractivity (Wildman–Crippen MR) is 224 cm³/mol. The van der Waals surface area contributed by atoms with E-state index in [0.29, 0.717) is 0 Å². The number of nitrogens with zero attached hydrogens (tertiary/aromatic N) is 2. The van der Waals surface area contributed by atoms with Gasteiger partial charge in [-0.05, 0) is 61.1 Å². The molecule has 4 aromatic rings. The summed E-state index contributed by atoms with van der Waals surface area (Å²) in [6.07, 6.45) is 23.7. The van der Waals surface area contributed by atoms with Crippen LogP contribution >= 0.6 is 11.7 Å². The Kier molecular flexibility index (Phi) is 19.7. The van der Waals surface area contributed by atoms with Gasteiger partial charge in [-0.2, -0.15) is 8.75 Å². The zero-order valence-corrected chi connectivity index (χ0v) is 32.5. The van der Waals surface area contributed by atoms with Crippen LogP contribution in [0.25, 0.3) is 33.3 Å². The quantitative estimate of drug-likeness (QED) is 0.0392. The smallest absolute Gasteiger partial charge is 0.119 e. The van der Waals surface area contributed by atoms with Gasteiger partial charge in [-0.1, -0.05) is 125 Å². The third-order valence-electron chi connectivity index (χ3n) is 9.41. The summed E-state index contributed by atoms with van der Waals surface area (Å²) in [7, 11) is 0. The first-order valence-electron chi connectivity index (χ1n) is 19.6. The molecule has 1 heterocycles. The van der Waals surface area contributed by atoms with Crippen LogP contribution in [0.15, 0.2) is 111 Å². The zero-order chi connectivity index (χ0) is 37.4. The summed E-state index contributed by atoms with van der Waals surface area (Å²) >= 11 is 1.26. The van der Waals surface area contributed by atoms with Gasteiger partial charge >= 0.3 is 0 Å². The lowest BCUT2D eigenvalue weighted by molar-refractivity contribution is 0.111. The van der Waals surface area contributed by atoms with Crippen molar-refractivity contribution in [1.29, 1.82) is 0 Å². The van der Waals surface area contributed by atoms with E-state index >= 15 is 0 Å². The standard InChI is InChI=1S/C46H60N2O4S/c1-5-39(6-2)49-33-19-15-11-9-13-17-21-35-51-41-27-23-37(24-28-41)43-31-32-44(46-45(43)47-53-48-46)38-25-29-42(30-26-38)52-36-22-18-14-10-12-16-20-34-50-40(7-3)8-4/h5-8,23-32,39-40H,1-4,9-22,33-36H2. The molecule has 3 aromatic carbocycles. The van der Waals surface area contributed by atoms with Gasteiger partial charge in [0, 0.05) is 24.3 Å². The molecule has 0 radical (unpaired) electrons. The summed E-state index contributed by atoms with van der Waals surface area (Å²) in [5, 5.41) is 0. The third kappa shape index (κ3) is 14.7. The lowest BCUT2D eigenvalue weighted by Gasteiger charge is -2.10. The molecule has 0 aliphatic rings. The molecule has 0 bridgehead atoms. The minimum absolute atomic E-state index is 0.0291. The van der Waals surface area contributed by atoms with Gasteiger partial charge < -0.3 is 18.9 Å². The highest BCUT2D eigenvalue weighted by atomic mass is 32.1. The SMILES string of the molecule is C=CC(C=C)OCCCCCCCCCOc1ccc(-c2ccc(-c3ccc(OCCCCCCCCCOC(C=C)C=C)cc3)c3nsnc23)cc1. The maximum atomic E-state index is 6.06. The molecule has 0 amide bonds. The number of hydrogen-bond donors (Lipinski definition) is 0. The first-order chi connectivity index (χ1) is 26.2. The number of ether oxygens (including phenoxy) is 4. The second-order valence-corrected chi connectivity index (χ2v) is 14.0. The Morgan fingerprint density at radius 3 is 1.09 bits per heavy atom. The van der Waals surface area contributed by atoms with Crippen molar-refractivity contribution in [3.63, 3.8) is 0 Å². The van der Waals surface area contributed by atoms with E-state index < -0.39 is 0 Å². The molecule has 0 N–H and O–H groups in total. The van der Waals surface area contributed by atoms with Crippen molar-refractivity contribution in [1.82, 2.24) is 8.75 Å². The Hall–Kier alpha value is -4.04. The van der Waals surface area contributed by atoms with Gasteiger partial charge in [0.25, 0.3) is 0 Å². The van der Waals surface area contributed by atoms with E-state index in [1.54, 1.807) is 24.3 Å². The molecule has 0 aliphatic carbocycles. The number of fused-ring (bicyclic) bond motifs is 1. The van der Waals surface area contributed by atoms with E-state index in [4.69, 9.17) is 27.7 Å². The van der Waals surface area contributed by atoms with Crippen LogP contribution in [0.4, 0.5) is 0 Å². The monoisotopic (exact) mass is 736 g/mol. The summed E-state index contributed by atoms with van der Waals surface area (Å²) in [6, 6.07) is 21.0. The molecular formula is C46H60N2O4S. The zero-order valence-electron chi connectivity index (χ0n) is 31.7. The Bertz CT molecular complexity index is 1500. The highest BCUT2D eigenvalue weighted by Crippen LogP contribution is 2.35. The topological polar surface area (TPSA) is 62.7 Å². The predicted octanol–water partition coefficient (Wildman–Crippen LogP) is 12.8. The van der Waals surface area contributed by atoms with Gasteiger partial charge in [-0.15, -0.1) is 26.3 Å². The second-order valence-electron chi connectivity index (χ2n) is 13.4. The van der Waals surface area contributed by atoms with Crippen molar-refractivity contribution in [2.24, 2.45) is 0 Å². The largest absolute Gasteiger partial charge is 0.494 e. The maximum Gasteiger partial charge on any atom is 0.119 e. The van der Waals surface area contributed by atoms with Crippen molar-refractivity contribution < 1.29 is 18.9 Å². The van der Waals surface area contributed by atoms with Crippen molar-refractivity contribution in [2.45, 2.75) is 102 Å². The van der Waals surface area contributed by atoms with E-state index in [-0.39, 0.29) is 12.2 Å². The molecule has 284 valence electrons. The van der Waals surface area contributed by atoms with Crippen molar-refractivity contribution >= 4 is 22.8 Å². The lowest BCUT2D eigenvalue weighted by Crippen LogP contribution is -2.06. The number of unbranched alkanes of at least 4 members (excludes halogenated alkanes) is 12. The van der Waals surface area contributed by atoms with Crippen molar-refractivity contribution in [3.05, 3.63) is 111 Å².